The summed E-state index contributed by atoms with van der Waals surface area (Å²) in [6.07, 6.45) is 2.51. The third-order valence-electron chi connectivity index (χ3n) is 6.21. The van der Waals surface area contributed by atoms with Gasteiger partial charge in [0.2, 0.25) is 12.6 Å². The Morgan fingerprint density at radius 3 is 2.81 bits per heavy atom. The highest BCUT2D eigenvalue weighted by atomic mass is 16.7. The zero-order valence-corrected chi connectivity index (χ0v) is 14.8. The van der Waals surface area contributed by atoms with Gasteiger partial charge >= 0.3 is 0 Å². The Labute approximate surface area is 151 Å². The topological polar surface area (TPSA) is 85.2 Å². The zero-order chi connectivity index (χ0) is 18.7. The summed E-state index contributed by atoms with van der Waals surface area (Å²) in [7, 11) is 1.39. The molecule has 2 unspecified atom stereocenters. The Morgan fingerprint density at radius 2 is 2.12 bits per heavy atom. The smallest absolute Gasteiger partial charge is 0.231 e. The van der Waals surface area contributed by atoms with Gasteiger partial charge in [-0.25, -0.2) is 0 Å². The van der Waals surface area contributed by atoms with Crippen LogP contribution in [0, 0.1) is 11.3 Å². The highest BCUT2D eigenvalue weighted by Gasteiger charge is 2.71. The van der Waals surface area contributed by atoms with Crippen LogP contribution in [-0.2, 0) is 9.53 Å². The number of fused-ring (bicyclic) bond motifs is 3. The third-order valence-corrected chi connectivity index (χ3v) is 6.21. The summed E-state index contributed by atoms with van der Waals surface area (Å²) in [6.45, 7) is 5.86. The molecule has 0 radical (unpaired) electrons. The van der Waals surface area contributed by atoms with E-state index in [0.29, 0.717) is 23.5 Å². The summed E-state index contributed by atoms with van der Waals surface area (Å²) < 4.78 is 16.0. The second-order valence-electron chi connectivity index (χ2n) is 7.25. The van der Waals surface area contributed by atoms with Gasteiger partial charge in [-0.1, -0.05) is 19.1 Å². The molecule has 5 atom stereocenters. The predicted octanol–water partition coefficient (Wildman–Crippen LogP) is 1.92. The van der Waals surface area contributed by atoms with E-state index in [1.807, 2.05) is 6.92 Å². The minimum atomic E-state index is -1.98. The summed E-state index contributed by atoms with van der Waals surface area (Å²) in [6, 6.07) is 5.34. The fourth-order valence-electron chi connectivity index (χ4n) is 4.91. The fourth-order valence-corrected chi connectivity index (χ4v) is 4.91. The normalized spacial score (nSPS) is 37.5. The summed E-state index contributed by atoms with van der Waals surface area (Å²) in [5.74, 6) is -0.188. The van der Waals surface area contributed by atoms with Crippen LogP contribution in [0.2, 0.25) is 0 Å². The molecule has 1 aliphatic heterocycles. The largest absolute Gasteiger partial charge is 0.493 e. The molecule has 1 saturated carbocycles. The lowest BCUT2D eigenvalue weighted by Gasteiger charge is -2.39. The van der Waals surface area contributed by atoms with E-state index in [1.54, 1.807) is 30.4 Å². The number of hydrogen-bond acceptors (Lipinski definition) is 6. The van der Waals surface area contributed by atoms with E-state index in [9.17, 15) is 15.0 Å². The molecule has 1 aromatic rings. The molecule has 6 heteroatoms. The van der Waals surface area contributed by atoms with E-state index in [0.717, 1.165) is 0 Å². The molecule has 1 fully saturated rings. The van der Waals surface area contributed by atoms with Crippen molar-refractivity contribution in [3.63, 3.8) is 0 Å². The number of carbonyl (C=O) groups excluding carboxylic acids is 1. The molecular weight excluding hydrogens is 336 g/mol. The maximum Gasteiger partial charge on any atom is 0.231 e. The number of allylic oxidation sites excluding steroid dienone is 1. The molecule has 2 bridgehead atoms. The first-order valence-electron chi connectivity index (χ1n) is 8.62. The summed E-state index contributed by atoms with van der Waals surface area (Å²) in [4.78, 5) is 13.0. The van der Waals surface area contributed by atoms with E-state index >= 15 is 0 Å². The minimum absolute atomic E-state index is 0.0785. The minimum Gasteiger partial charge on any atom is -0.493 e. The van der Waals surface area contributed by atoms with Crippen LogP contribution in [0.5, 0.6) is 11.5 Å². The number of aliphatic hydroxyl groups is 2. The number of ether oxygens (including phenoxy) is 3. The van der Waals surface area contributed by atoms with Crippen LogP contribution in [0.15, 0.2) is 42.7 Å². The van der Waals surface area contributed by atoms with Crippen molar-refractivity contribution in [1.29, 1.82) is 0 Å². The van der Waals surface area contributed by atoms with E-state index < -0.39 is 28.8 Å². The van der Waals surface area contributed by atoms with Crippen LogP contribution in [0.3, 0.4) is 0 Å². The van der Waals surface area contributed by atoms with Crippen LogP contribution in [0.1, 0.15) is 24.8 Å². The van der Waals surface area contributed by atoms with Gasteiger partial charge in [-0.05, 0) is 36.1 Å². The first-order valence-corrected chi connectivity index (χ1v) is 8.62. The van der Waals surface area contributed by atoms with Gasteiger partial charge in [0.25, 0.3) is 0 Å². The van der Waals surface area contributed by atoms with Crippen molar-refractivity contribution in [3.05, 3.63) is 48.3 Å². The van der Waals surface area contributed by atoms with Crippen molar-refractivity contribution in [1.82, 2.24) is 0 Å². The summed E-state index contributed by atoms with van der Waals surface area (Å²) >= 11 is 0. The quantitative estimate of drug-likeness (QED) is 0.800. The Kier molecular flexibility index (Phi) is 3.68. The van der Waals surface area contributed by atoms with Gasteiger partial charge < -0.3 is 24.4 Å². The first kappa shape index (κ1) is 17.1. The molecule has 6 nitrogen and oxygen atoms in total. The van der Waals surface area contributed by atoms with Crippen molar-refractivity contribution in [3.8, 4) is 11.5 Å². The predicted molar refractivity (Wildman–Crippen MR) is 92.8 cm³/mol. The van der Waals surface area contributed by atoms with Gasteiger partial charge in [0.05, 0.1) is 7.11 Å². The molecule has 0 saturated heterocycles. The van der Waals surface area contributed by atoms with Gasteiger partial charge in [0, 0.05) is 11.3 Å². The van der Waals surface area contributed by atoms with E-state index in [2.05, 4.69) is 6.58 Å². The van der Waals surface area contributed by atoms with Gasteiger partial charge in [0.1, 0.15) is 6.10 Å². The number of aliphatic hydroxyl groups excluding tert-OH is 1. The number of rotatable bonds is 4. The SMILES string of the molecule is C=CC[C@]12C=C(OC)C(=O)[C@](O)(C(c3ccc4c(c3)OCO4)[C@H]1C)C2O. The van der Waals surface area contributed by atoms with Gasteiger partial charge in [0.15, 0.2) is 22.9 Å². The number of Topliss-reactive ketones (excluding diaryl/α,β-unsaturated/α-hetero) is 1. The van der Waals surface area contributed by atoms with Crippen molar-refractivity contribution in [2.75, 3.05) is 13.9 Å². The van der Waals surface area contributed by atoms with Crippen molar-refractivity contribution in [2.24, 2.45) is 11.3 Å². The third kappa shape index (κ3) is 1.91. The van der Waals surface area contributed by atoms with Crippen molar-refractivity contribution in [2.45, 2.75) is 31.0 Å². The van der Waals surface area contributed by atoms with Gasteiger partial charge in [-0.2, -0.15) is 0 Å². The lowest BCUT2D eigenvalue weighted by Crippen LogP contribution is -2.56. The standard InChI is InChI=1S/C20H22O6/c1-4-7-19-9-15(24-3)17(21)20(23,18(19)22)16(11(19)2)12-5-6-13-14(8-12)26-10-25-13/h4-6,8-9,11,16,18,22-23H,1,7,10H2,2-3H3/t11-,16?,18?,19+,20-/m1/s1. The molecular formula is C20H22O6. The highest BCUT2D eigenvalue weighted by molar-refractivity contribution is 6.03. The molecule has 0 amide bonds. The second kappa shape index (κ2) is 5.59. The Morgan fingerprint density at radius 1 is 1.38 bits per heavy atom. The van der Waals surface area contributed by atoms with Crippen LogP contribution in [-0.4, -0.2) is 41.6 Å². The molecule has 2 N–H and O–H groups in total. The molecule has 0 aromatic heterocycles. The number of hydrogen-bond donors (Lipinski definition) is 2. The number of benzene rings is 1. The lowest BCUT2D eigenvalue weighted by molar-refractivity contribution is -0.155. The second-order valence-corrected chi connectivity index (χ2v) is 7.25. The van der Waals surface area contributed by atoms with Crippen molar-refractivity contribution >= 4 is 5.78 Å². The Balaban J connectivity index is 1.90. The average Bonchev–Trinajstić information content (AvgIpc) is 3.14. The maximum absolute atomic E-state index is 13.0. The van der Waals surface area contributed by atoms with E-state index in [4.69, 9.17) is 14.2 Å². The number of carbonyl (C=O) groups is 1. The molecule has 26 heavy (non-hydrogen) atoms. The molecule has 138 valence electrons. The molecule has 3 aliphatic rings. The molecule has 0 spiro atoms. The number of ketones is 1. The molecule has 1 heterocycles. The first-order chi connectivity index (χ1) is 12.4. The van der Waals surface area contributed by atoms with Crippen LogP contribution in [0.25, 0.3) is 0 Å². The van der Waals surface area contributed by atoms with E-state index in [1.165, 1.54) is 7.11 Å². The molecule has 4 rings (SSSR count). The number of methoxy groups -OCH3 is 1. The maximum atomic E-state index is 13.0. The van der Waals surface area contributed by atoms with Gasteiger partial charge in [-0.15, -0.1) is 6.58 Å². The fraction of sp³-hybridized carbons (Fsp3) is 0.450. The van der Waals surface area contributed by atoms with Crippen molar-refractivity contribution < 1.29 is 29.2 Å². The average molecular weight is 358 g/mol. The Hall–Kier alpha value is -2.31. The summed E-state index contributed by atoms with van der Waals surface area (Å²) in [5, 5.41) is 22.5. The van der Waals surface area contributed by atoms with Crippen LogP contribution >= 0.6 is 0 Å². The molecule has 1 aromatic carbocycles. The summed E-state index contributed by atoms with van der Waals surface area (Å²) in [5.41, 5.74) is -2.10. The zero-order valence-electron chi connectivity index (χ0n) is 14.8. The van der Waals surface area contributed by atoms with E-state index in [-0.39, 0.29) is 18.5 Å². The lowest BCUT2D eigenvalue weighted by atomic mass is 9.70. The Bertz CT molecular complexity index is 815. The molecule has 2 aliphatic carbocycles. The van der Waals surface area contributed by atoms with Crippen LogP contribution < -0.4 is 9.47 Å². The monoisotopic (exact) mass is 358 g/mol. The van der Waals surface area contributed by atoms with Crippen LogP contribution in [0.4, 0.5) is 0 Å². The highest BCUT2D eigenvalue weighted by Crippen LogP contribution is 2.63. The van der Waals surface area contributed by atoms with Gasteiger partial charge in [-0.3, -0.25) is 4.79 Å².